The van der Waals surface area contributed by atoms with Gasteiger partial charge in [0.1, 0.15) is 0 Å². The van der Waals surface area contributed by atoms with Crippen molar-refractivity contribution in [1.82, 2.24) is 20.4 Å². The van der Waals surface area contributed by atoms with Gasteiger partial charge in [-0.15, -0.1) is 10.2 Å². The first-order valence-electron chi connectivity index (χ1n) is 5.59. The summed E-state index contributed by atoms with van der Waals surface area (Å²) in [5.41, 5.74) is 1.83. The van der Waals surface area contributed by atoms with Crippen LogP contribution in [0.5, 0.6) is 0 Å². The Kier molecular flexibility index (Phi) is 2.96. The topological polar surface area (TPSA) is 57.7 Å². The van der Waals surface area contributed by atoms with Crippen molar-refractivity contribution in [1.29, 1.82) is 0 Å². The van der Waals surface area contributed by atoms with Crippen LogP contribution < -0.4 is 4.90 Å². The van der Waals surface area contributed by atoms with Gasteiger partial charge in [-0.25, -0.2) is 0 Å². The Bertz CT molecular complexity index is 461. The van der Waals surface area contributed by atoms with Crippen molar-refractivity contribution in [3.63, 3.8) is 0 Å². The van der Waals surface area contributed by atoms with Gasteiger partial charge in [0.15, 0.2) is 5.82 Å². The number of aromatic amines is 1. The SMILES string of the molecule is c1n[nH]cc1-c1ccc(N2CCSCC2)nn1. The van der Waals surface area contributed by atoms with Crippen molar-refractivity contribution in [2.45, 2.75) is 0 Å². The molecular formula is C11H13N5S. The molecule has 1 fully saturated rings. The molecule has 1 aliphatic heterocycles. The number of H-pyrrole nitrogens is 1. The van der Waals surface area contributed by atoms with Gasteiger partial charge < -0.3 is 4.90 Å². The minimum atomic E-state index is 0.855. The number of hydrogen-bond donors (Lipinski definition) is 1. The highest BCUT2D eigenvalue weighted by Gasteiger charge is 2.12. The molecule has 3 heterocycles. The summed E-state index contributed by atoms with van der Waals surface area (Å²) in [6.45, 7) is 2.12. The van der Waals surface area contributed by atoms with E-state index in [0.717, 1.165) is 30.2 Å². The van der Waals surface area contributed by atoms with Crippen LogP contribution in [0.3, 0.4) is 0 Å². The van der Waals surface area contributed by atoms with E-state index in [1.807, 2.05) is 30.1 Å². The van der Waals surface area contributed by atoms with E-state index in [2.05, 4.69) is 25.3 Å². The van der Waals surface area contributed by atoms with E-state index in [4.69, 9.17) is 0 Å². The Hall–Kier alpha value is -1.56. The Morgan fingerprint density at radius 1 is 1.18 bits per heavy atom. The molecule has 1 saturated heterocycles. The fourth-order valence-electron chi connectivity index (χ4n) is 1.83. The first kappa shape index (κ1) is 10.6. The summed E-state index contributed by atoms with van der Waals surface area (Å²) in [6, 6.07) is 4.03. The highest BCUT2D eigenvalue weighted by Crippen LogP contribution is 2.19. The van der Waals surface area contributed by atoms with Crippen LogP contribution in [0.1, 0.15) is 0 Å². The molecule has 0 radical (unpaired) electrons. The van der Waals surface area contributed by atoms with E-state index in [0.29, 0.717) is 0 Å². The van der Waals surface area contributed by atoms with Crippen molar-refractivity contribution < 1.29 is 0 Å². The normalized spacial score (nSPS) is 16.1. The summed E-state index contributed by atoms with van der Waals surface area (Å²) in [4.78, 5) is 2.28. The number of hydrogen-bond acceptors (Lipinski definition) is 5. The fraction of sp³-hybridized carbons (Fsp3) is 0.364. The molecule has 0 aliphatic carbocycles. The highest BCUT2D eigenvalue weighted by molar-refractivity contribution is 7.99. The van der Waals surface area contributed by atoms with Gasteiger partial charge in [0.25, 0.3) is 0 Å². The maximum Gasteiger partial charge on any atom is 0.151 e. The summed E-state index contributed by atoms with van der Waals surface area (Å²) >= 11 is 1.99. The third-order valence-corrected chi connectivity index (χ3v) is 3.72. The highest BCUT2D eigenvalue weighted by atomic mass is 32.2. The van der Waals surface area contributed by atoms with E-state index in [9.17, 15) is 0 Å². The average Bonchev–Trinajstić information content (AvgIpc) is 2.94. The number of aromatic nitrogens is 4. The van der Waals surface area contributed by atoms with Crippen molar-refractivity contribution in [2.75, 3.05) is 29.5 Å². The Labute approximate surface area is 104 Å². The van der Waals surface area contributed by atoms with E-state index in [1.165, 1.54) is 11.5 Å². The van der Waals surface area contributed by atoms with Crippen LogP contribution in [0.4, 0.5) is 5.82 Å². The third-order valence-electron chi connectivity index (χ3n) is 2.78. The van der Waals surface area contributed by atoms with Crippen LogP contribution in [0.2, 0.25) is 0 Å². The average molecular weight is 247 g/mol. The lowest BCUT2D eigenvalue weighted by Crippen LogP contribution is -2.33. The van der Waals surface area contributed by atoms with Gasteiger partial charge in [0.2, 0.25) is 0 Å². The summed E-state index contributed by atoms with van der Waals surface area (Å²) in [6.07, 6.45) is 3.57. The van der Waals surface area contributed by atoms with Crippen LogP contribution in [0.15, 0.2) is 24.5 Å². The number of thioether (sulfide) groups is 1. The number of nitrogens with one attached hydrogen (secondary N) is 1. The zero-order valence-corrected chi connectivity index (χ0v) is 10.2. The number of rotatable bonds is 2. The van der Waals surface area contributed by atoms with Gasteiger partial charge >= 0.3 is 0 Å². The Morgan fingerprint density at radius 3 is 2.71 bits per heavy atom. The molecule has 3 rings (SSSR count). The molecule has 1 aliphatic rings. The molecule has 88 valence electrons. The van der Waals surface area contributed by atoms with Crippen molar-refractivity contribution in [3.8, 4) is 11.3 Å². The Morgan fingerprint density at radius 2 is 2.06 bits per heavy atom. The maximum absolute atomic E-state index is 4.28. The molecule has 0 saturated carbocycles. The first-order chi connectivity index (χ1) is 8.43. The summed E-state index contributed by atoms with van der Waals surface area (Å²) in [5, 5.41) is 15.2. The van der Waals surface area contributed by atoms with E-state index < -0.39 is 0 Å². The van der Waals surface area contributed by atoms with Crippen LogP contribution in [0.25, 0.3) is 11.3 Å². The van der Waals surface area contributed by atoms with E-state index in [1.54, 1.807) is 6.20 Å². The molecule has 0 spiro atoms. The predicted octanol–water partition coefficient (Wildman–Crippen LogP) is 1.42. The lowest BCUT2D eigenvalue weighted by atomic mass is 10.2. The van der Waals surface area contributed by atoms with Crippen LogP contribution >= 0.6 is 11.8 Å². The quantitative estimate of drug-likeness (QED) is 0.869. The van der Waals surface area contributed by atoms with E-state index in [-0.39, 0.29) is 0 Å². The standard InChI is InChI=1S/C11H13N5S/c1-2-11(16-3-5-17-6-4-16)15-14-10(1)9-7-12-13-8-9/h1-2,7-8H,3-6H2,(H,12,13). The number of nitrogens with zero attached hydrogens (tertiary/aromatic N) is 4. The minimum Gasteiger partial charge on any atom is -0.353 e. The predicted molar refractivity (Wildman–Crippen MR) is 69.2 cm³/mol. The van der Waals surface area contributed by atoms with E-state index >= 15 is 0 Å². The smallest absolute Gasteiger partial charge is 0.151 e. The molecule has 2 aromatic heterocycles. The number of anilines is 1. The molecule has 17 heavy (non-hydrogen) atoms. The van der Waals surface area contributed by atoms with Gasteiger partial charge in [-0.1, -0.05) is 0 Å². The van der Waals surface area contributed by atoms with Crippen LogP contribution in [-0.4, -0.2) is 45.0 Å². The van der Waals surface area contributed by atoms with Crippen molar-refractivity contribution in [2.24, 2.45) is 0 Å². The van der Waals surface area contributed by atoms with Crippen LogP contribution in [0, 0.1) is 0 Å². The van der Waals surface area contributed by atoms with Gasteiger partial charge in [-0.2, -0.15) is 16.9 Å². The second kappa shape index (κ2) is 4.75. The van der Waals surface area contributed by atoms with Crippen molar-refractivity contribution in [3.05, 3.63) is 24.5 Å². The Balaban J connectivity index is 1.80. The molecule has 5 nitrogen and oxygen atoms in total. The molecule has 0 amide bonds. The molecule has 1 N–H and O–H groups in total. The zero-order valence-electron chi connectivity index (χ0n) is 9.33. The molecule has 0 bridgehead atoms. The van der Waals surface area contributed by atoms with Gasteiger partial charge in [0.05, 0.1) is 11.9 Å². The molecule has 0 unspecified atom stereocenters. The van der Waals surface area contributed by atoms with Gasteiger partial charge in [-0.3, -0.25) is 5.10 Å². The lowest BCUT2D eigenvalue weighted by Gasteiger charge is -2.26. The monoisotopic (exact) mass is 247 g/mol. The fourth-order valence-corrected chi connectivity index (χ4v) is 2.73. The third kappa shape index (κ3) is 2.26. The second-order valence-corrected chi connectivity index (χ2v) is 5.09. The summed E-state index contributed by atoms with van der Waals surface area (Å²) in [7, 11) is 0. The first-order valence-corrected chi connectivity index (χ1v) is 6.74. The molecule has 0 aromatic carbocycles. The van der Waals surface area contributed by atoms with Gasteiger partial charge in [-0.05, 0) is 12.1 Å². The lowest BCUT2D eigenvalue weighted by molar-refractivity contribution is 0.820. The molecule has 6 heteroatoms. The van der Waals surface area contributed by atoms with Gasteiger partial charge in [0, 0.05) is 36.4 Å². The minimum absolute atomic E-state index is 0.855. The maximum atomic E-state index is 4.28. The zero-order chi connectivity index (χ0) is 11.5. The molecule has 2 aromatic rings. The molecular weight excluding hydrogens is 234 g/mol. The molecule has 0 atom stereocenters. The largest absolute Gasteiger partial charge is 0.353 e. The van der Waals surface area contributed by atoms with Crippen LogP contribution in [-0.2, 0) is 0 Å². The van der Waals surface area contributed by atoms with Crippen molar-refractivity contribution >= 4 is 17.6 Å². The summed E-state index contributed by atoms with van der Waals surface area (Å²) < 4.78 is 0. The summed E-state index contributed by atoms with van der Waals surface area (Å²) in [5.74, 6) is 3.31. The second-order valence-electron chi connectivity index (χ2n) is 3.86.